The van der Waals surface area contributed by atoms with Crippen molar-refractivity contribution in [2.24, 2.45) is 0 Å². The minimum Gasteiger partial charge on any atom is -0.416 e. The Balaban J connectivity index is 3.14. The summed E-state index contributed by atoms with van der Waals surface area (Å²) in [5.41, 5.74) is 0. The molecule has 0 N–H and O–H groups in total. The van der Waals surface area contributed by atoms with Gasteiger partial charge in [0.05, 0.1) is 0 Å². The van der Waals surface area contributed by atoms with Gasteiger partial charge in [-0.3, -0.25) is 0 Å². The minimum absolute atomic E-state index is 0.285. The maximum absolute atomic E-state index is 6.05. The zero-order valence-corrected chi connectivity index (χ0v) is 23.6. The van der Waals surface area contributed by atoms with Gasteiger partial charge in [0, 0.05) is 24.4 Å². The molecule has 8 heteroatoms. The van der Waals surface area contributed by atoms with Crippen LogP contribution >= 0.6 is 0 Å². The molecule has 0 aliphatic rings. The second kappa shape index (κ2) is 12.4. The third-order valence-corrected chi connectivity index (χ3v) is 12.0. The van der Waals surface area contributed by atoms with E-state index in [1.807, 2.05) is 0 Å². The summed E-state index contributed by atoms with van der Waals surface area (Å²) >= 11 is 0. The third kappa shape index (κ3) is 9.74. The van der Waals surface area contributed by atoms with Crippen molar-refractivity contribution in [2.75, 3.05) is 0 Å². The molecule has 26 heavy (non-hydrogen) atoms. The lowest BCUT2D eigenvalue weighted by molar-refractivity contribution is 0.258. The molecule has 1 aromatic rings. The number of rotatable bonds is 12. The first-order valence-electron chi connectivity index (χ1n) is 9.79. The fraction of sp³-hybridized carbons (Fsp3) is 0.667. The summed E-state index contributed by atoms with van der Waals surface area (Å²) in [6.07, 6.45) is 1.14. The van der Waals surface area contributed by atoms with E-state index < -0.39 is 39.1 Å². The number of hydrogen-bond donors (Lipinski definition) is 0. The molecule has 0 fully saturated rings. The Morgan fingerprint density at radius 2 is 0.654 bits per heavy atom. The monoisotopic (exact) mass is 430 g/mol. The van der Waals surface area contributed by atoms with Crippen LogP contribution in [0.1, 0.15) is 55.4 Å². The molecule has 0 bridgehead atoms. The summed E-state index contributed by atoms with van der Waals surface area (Å²) in [7, 11) is -2.96. The molecule has 4 nitrogen and oxygen atoms in total. The van der Waals surface area contributed by atoms with E-state index >= 15 is 0 Å². The van der Waals surface area contributed by atoms with Crippen LogP contribution in [0.15, 0.2) is 12.1 Å². The quantitative estimate of drug-likeness (QED) is 0.368. The van der Waals surface area contributed by atoms with Gasteiger partial charge in [-0.05, 0) is 76.1 Å². The van der Waals surface area contributed by atoms with Gasteiger partial charge in [-0.1, -0.05) is 12.1 Å². The largest absolute Gasteiger partial charge is 0.416 e. The van der Waals surface area contributed by atoms with Crippen LogP contribution < -0.4 is 20.7 Å². The zero-order chi connectivity index (χ0) is 19.7. The van der Waals surface area contributed by atoms with Gasteiger partial charge in [-0.25, -0.2) is 0 Å². The molecule has 0 heterocycles. The Kier molecular flexibility index (Phi) is 11.4. The van der Waals surface area contributed by atoms with Gasteiger partial charge in [-0.2, -0.15) is 0 Å². The first kappa shape index (κ1) is 24.0. The Hall–Kier alpha value is -0.0725. The van der Waals surface area contributed by atoms with Crippen molar-refractivity contribution >= 4 is 59.8 Å². The van der Waals surface area contributed by atoms with Crippen molar-refractivity contribution in [3.63, 3.8) is 0 Å². The van der Waals surface area contributed by atoms with Crippen LogP contribution in [0.4, 0.5) is 0 Å². The molecule has 0 unspecified atom stereocenters. The molecule has 150 valence electrons. The van der Waals surface area contributed by atoms with Crippen molar-refractivity contribution in [3.8, 4) is 0 Å². The van der Waals surface area contributed by atoms with Gasteiger partial charge < -0.3 is 17.7 Å². The average molecular weight is 431 g/mol. The van der Waals surface area contributed by atoms with Crippen molar-refractivity contribution in [1.29, 1.82) is 0 Å². The summed E-state index contributed by atoms with van der Waals surface area (Å²) in [5, 5.41) is 5.68. The lowest BCUT2D eigenvalue weighted by Gasteiger charge is -2.19. The summed E-state index contributed by atoms with van der Waals surface area (Å²) in [4.78, 5) is 0. The predicted molar refractivity (Wildman–Crippen MR) is 124 cm³/mol. The molecule has 0 aliphatic carbocycles. The summed E-state index contributed by atoms with van der Waals surface area (Å²) < 4.78 is 24.2. The fourth-order valence-electron chi connectivity index (χ4n) is 2.35. The maximum Gasteiger partial charge on any atom is 0.192 e. The smallest absolute Gasteiger partial charge is 0.192 e. The Labute approximate surface area is 169 Å². The highest BCUT2D eigenvalue weighted by Gasteiger charge is 2.15. The van der Waals surface area contributed by atoms with Gasteiger partial charge in [-0.15, -0.1) is 0 Å². The molecule has 1 aromatic carbocycles. The lowest BCUT2D eigenvalue weighted by atomic mass is 10.3. The lowest BCUT2D eigenvalue weighted by Crippen LogP contribution is -2.50. The van der Waals surface area contributed by atoms with E-state index in [9.17, 15) is 0 Å². The van der Waals surface area contributed by atoms with Gasteiger partial charge in [0.1, 0.15) is 0 Å². The molecule has 0 atom stereocenters. The Bertz CT molecular complexity index is 446. The fourth-order valence-corrected chi connectivity index (χ4v) is 8.68. The molecular formula is C18H38O4Si4. The van der Waals surface area contributed by atoms with Crippen LogP contribution in [-0.4, -0.2) is 63.5 Å². The molecule has 0 saturated heterocycles. The second-order valence-electron chi connectivity index (χ2n) is 7.83. The molecule has 0 aromatic heterocycles. The van der Waals surface area contributed by atoms with Gasteiger partial charge in [0.15, 0.2) is 39.1 Å². The van der Waals surface area contributed by atoms with Crippen LogP contribution in [0.3, 0.4) is 0 Å². The van der Waals surface area contributed by atoms with E-state index in [4.69, 9.17) is 17.7 Å². The van der Waals surface area contributed by atoms with Gasteiger partial charge >= 0.3 is 0 Å². The van der Waals surface area contributed by atoms with Crippen LogP contribution in [0.2, 0.25) is 0 Å². The average Bonchev–Trinajstić information content (AvgIpc) is 2.54. The zero-order valence-electron chi connectivity index (χ0n) is 17.9. The van der Waals surface area contributed by atoms with Crippen molar-refractivity contribution in [2.45, 2.75) is 79.8 Å². The molecule has 0 spiro atoms. The van der Waals surface area contributed by atoms with Gasteiger partial charge in [0.25, 0.3) is 0 Å². The summed E-state index contributed by atoms with van der Waals surface area (Å²) in [5.74, 6) is 0. The highest BCUT2D eigenvalue weighted by atomic mass is 28.2. The SMILES string of the molecule is CC(C)O[SiH2]c1cc([SiH2]OC(C)C)c([SiH2]OC(C)C)cc1[SiH2]OC(C)C. The molecule has 1 rings (SSSR count). The van der Waals surface area contributed by atoms with Crippen molar-refractivity contribution < 1.29 is 17.7 Å². The van der Waals surface area contributed by atoms with Crippen molar-refractivity contribution in [1.82, 2.24) is 0 Å². The summed E-state index contributed by atoms with van der Waals surface area (Å²) in [6, 6.07) is 4.78. The summed E-state index contributed by atoms with van der Waals surface area (Å²) in [6.45, 7) is 16.9. The Morgan fingerprint density at radius 3 is 0.808 bits per heavy atom. The standard InChI is InChI=1S/C18H38O4Si4/c1-11(2)19-23-15-9-17(25-21-13(5)6)18(26-22-14(7)8)10-16(15)24-20-12(3)4/h9-14H,23-26H2,1-8H3. The van der Waals surface area contributed by atoms with Crippen LogP contribution in [-0.2, 0) is 17.7 Å². The first-order chi connectivity index (χ1) is 12.2. The molecule has 0 saturated carbocycles. The highest BCUT2D eigenvalue weighted by Crippen LogP contribution is 1.91. The number of hydrogen-bond acceptors (Lipinski definition) is 4. The van der Waals surface area contributed by atoms with E-state index in [1.165, 1.54) is 20.7 Å². The molecular weight excluding hydrogens is 393 g/mol. The third-order valence-electron chi connectivity index (χ3n) is 3.81. The van der Waals surface area contributed by atoms with Gasteiger partial charge in [0.2, 0.25) is 0 Å². The van der Waals surface area contributed by atoms with Crippen LogP contribution in [0, 0.1) is 0 Å². The molecule has 0 radical (unpaired) electrons. The van der Waals surface area contributed by atoms with E-state index in [-0.39, 0.29) is 24.4 Å². The van der Waals surface area contributed by atoms with Crippen LogP contribution in [0.25, 0.3) is 0 Å². The Morgan fingerprint density at radius 1 is 0.462 bits per heavy atom. The van der Waals surface area contributed by atoms with Crippen molar-refractivity contribution in [3.05, 3.63) is 12.1 Å². The number of benzene rings is 1. The maximum atomic E-state index is 6.05. The minimum atomic E-state index is -0.740. The first-order valence-corrected chi connectivity index (χ1v) is 14.9. The highest BCUT2D eigenvalue weighted by molar-refractivity contribution is 6.67. The normalized spacial score (nSPS) is 14.0. The van der Waals surface area contributed by atoms with E-state index in [2.05, 4.69) is 67.5 Å². The van der Waals surface area contributed by atoms with Crippen LogP contribution in [0.5, 0.6) is 0 Å². The predicted octanol–water partition coefficient (Wildman–Crippen LogP) is -1.78. The van der Waals surface area contributed by atoms with E-state index in [0.29, 0.717) is 0 Å². The topological polar surface area (TPSA) is 36.9 Å². The molecule has 0 aliphatic heterocycles. The molecule has 0 amide bonds. The second-order valence-corrected chi connectivity index (χ2v) is 13.4. The van der Waals surface area contributed by atoms with E-state index in [0.717, 1.165) is 0 Å². The van der Waals surface area contributed by atoms with E-state index in [1.54, 1.807) is 0 Å².